The minimum absolute atomic E-state index is 0.116. The number of carbonyl (C=O) groups is 2. The third-order valence-electron chi connectivity index (χ3n) is 4.33. The van der Waals surface area contributed by atoms with Crippen LogP contribution in [0.25, 0.3) is 0 Å². The van der Waals surface area contributed by atoms with Gasteiger partial charge in [0.25, 0.3) is 5.91 Å². The smallest absolute Gasteiger partial charge is 0.295 e. The lowest BCUT2D eigenvalue weighted by Gasteiger charge is -2.23. The van der Waals surface area contributed by atoms with E-state index in [-0.39, 0.29) is 23.4 Å². The summed E-state index contributed by atoms with van der Waals surface area (Å²) in [5.74, 6) is 0.505. The van der Waals surface area contributed by atoms with E-state index in [9.17, 15) is 9.59 Å². The quantitative estimate of drug-likeness (QED) is 0.701. The molecule has 24 heavy (non-hydrogen) atoms. The van der Waals surface area contributed by atoms with Gasteiger partial charge in [-0.15, -0.1) is 11.8 Å². The molecule has 0 N–H and O–H groups in total. The van der Waals surface area contributed by atoms with Crippen LogP contribution >= 0.6 is 27.7 Å². The Bertz CT molecular complexity index is 824. The van der Waals surface area contributed by atoms with Gasteiger partial charge >= 0.3 is 6.03 Å². The summed E-state index contributed by atoms with van der Waals surface area (Å²) in [7, 11) is 0. The molecule has 2 saturated heterocycles. The summed E-state index contributed by atoms with van der Waals surface area (Å²) in [6.45, 7) is 1.95. The number of halogens is 1. The van der Waals surface area contributed by atoms with Gasteiger partial charge in [0.1, 0.15) is 11.4 Å². The highest BCUT2D eigenvalue weighted by atomic mass is 79.9. The van der Waals surface area contributed by atoms with Gasteiger partial charge in [-0.1, -0.05) is 40.2 Å². The Balaban J connectivity index is 1.69. The second-order valence-electron chi connectivity index (χ2n) is 5.96. The van der Waals surface area contributed by atoms with Gasteiger partial charge in [-0.05, 0) is 42.3 Å². The first-order chi connectivity index (χ1) is 11.6. The van der Waals surface area contributed by atoms with Crippen LogP contribution < -0.4 is 4.90 Å². The molecule has 3 amide bonds. The molecule has 4 nitrogen and oxygen atoms in total. The van der Waals surface area contributed by atoms with Gasteiger partial charge in [-0.3, -0.25) is 9.69 Å². The number of thioether (sulfide) groups is 1. The van der Waals surface area contributed by atoms with E-state index in [0.717, 1.165) is 15.6 Å². The maximum atomic E-state index is 13.0. The van der Waals surface area contributed by atoms with E-state index in [1.165, 1.54) is 4.90 Å². The molecular weight excluding hydrogens is 388 g/mol. The number of imide groups is 1. The van der Waals surface area contributed by atoms with Crippen LogP contribution in [0, 0.1) is 6.92 Å². The average molecular weight is 403 g/mol. The number of amides is 3. The number of anilines is 1. The molecule has 122 valence electrons. The fraction of sp³-hybridized carbons (Fsp3) is 0.222. The molecule has 0 unspecified atom stereocenters. The van der Waals surface area contributed by atoms with Crippen molar-refractivity contribution in [3.63, 3.8) is 0 Å². The molecule has 0 aromatic heterocycles. The number of hydrogen-bond donors (Lipinski definition) is 0. The summed E-state index contributed by atoms with van der Waals surface area (Å²) in [4.78, 5) is 28.8. The number of carbonyl (C=O) groups excluding carboxylic acids is 2. The van der Waals surface area contributed by atoms with Crippen LogP contribution in [0.1, 0.15) is 16.5 Å². The van der Waals surface area contributed by atoms with Crippen LogP contribution in [0.5, 0.6) is 0 Å². The molecule has 2 aliphatic rings. The van der Waals surface area contributed by atoms with Crippen LogP contribution in [-0.2, 0) is 4.79 Å². The number of fused-ring (bicyclic) bond motifs is 1. The van der Waals surface area contributed by atoms with E-state index in [1.54, 1.807) is 16.7 Å². The van der Waals surface area contributed by atoms with Crippen molar-refractivity contribution in [2.24, 2.45) is 0 Å². The summed E-state index contributed by atoms with van der Waals surface area (Å²) >= 11 is 5.07. The monoisotopic (exact) mass is 402 g/mol. The Kier molecular flexibility index (Phi) is 3.89. The Morgan fingerprint density at radius 1 is 1.12 bits per heavy atom. The Labute approximate surface area is 152 Å². The fourth-order valence-corrected chi connectivity index (χ4v) is 4.86. The summed E-state index contributed by atoms with van der Waals surface area (Å²) in [6.07, 6.45) is 0. The molecule has 2 atom stereocenters. The third-order valence-corrected chi connectivity index (χ3v) is 6.18. The van der Waals surface area contributed by atoms with Crippen molar-refractivity contribution in [2.45, 2.75) is 18.3 Å². The maximum Gasteiger partial charge on any atom is 0.333 e. The Morgan fingerprint density at radius 3 is 2.58 bits per heavy atom. The SMILES string of the molecule is Cc1cccc(N2C(=O)[C@@H]3CS[C@H](c4ccc(Br)cc4)N3C2=O)c1. The second kappa shape index (κ2) is 5.93. The van der Waals surface area contributed by atoms with Gasteiger partial charge < -0.3 is 0 Å². The Hall–Kier alpha value is -1.79. The zero-order valence-corrected chi connectivity index (χ0v) is 15.4. The van der Waals surface area contributed by atoms with Gasteiger partial charge in [0.2, 0.25) is 0 Å². The van der Waals surface area contributed by atoms with Crippen molar-refractivity contribution in [3.8, 4) is 0 Å². The van der Waals surface area contributed by atoms with Crippen LogP contribution in [0.2, 0.25) is 0 Å². The zero-order valence-electron chi connectivity index (χ0n) is 13.0. The number of urea groups is 1. The van der Waals surface area contributed by atoms with Crippen molar-refractivity contribution >= 4 is 45.3 Å². The number of hydrogen-bond acceptors (Lipinski definition) is 3. The minimum Gasteiger partial charge on any atom is -0.295 e. The van der Waals surface area contributed by atoms with E-state index in [1.807, 2.05) is 55.5 Å². The molecule has 0 bridgehead atoms. The van der Waals surface area contributed by atoms with E-state index >= 15 is 0 Å². The van der Waals surface area contributed by atoms with Crippen LogP contribution in [0.3, 0.4) is 0 Å². The highest BCUT2D eigenvalue weighted by Crippen LogP contribution is 2.46. The minimum atomic E-state index is -0.378. The van der Waals surface area contributed by atoms with Crippen molar-refractivity contribution in [1.82, 2.24) is 4.90 Å². The predicted molar refractivity (Wildman–Crippen MR) is 99.0 cm³/mol. The summed E-state index contributed by atoms with van der Waals surface area (Å²) in [5.41, 5.74) is 2.72. The molecule has 2 aliphatic heterocycles. The molecule has 4 rings (SSSR count). The van der Waals surface area contributed by atoms with E-state index in [2.05, 4.69) is 15.9 Å². The molecule has 0 saturated carbocycles. The molecule has 6 heteroatoms. The van der Waals surface area contributed by atoms with Gasteiger partial charge in [0.15, 0.2) is 0 Å². The highest BCUT2D eigenvalue weighted by molar-refractivity contribution is 9.10. The first-order valence-electron chi connectivity index (χ1n) is 7.66. The predicted octanol–water partition coefficient (Wildman–Crippen LogP) is 4.34. The number of aryl methyl sites for hydroxylation is 1. The number of benzene rings is 2. The van der Waals surface area contributed by atoms with Crippen LogP contribution in [0.4, 0.5) is 10.5 Å². The largest absolute Gasteiger partial charge is 0.333 e. The van der Waals surface area contributed by atoms with Crippen molar-refractivity contribution < 1.29 is 9.59 Å². The summed E-state index contributed by atoms with van der Waals surface area (Å²) in [6, 6.07) is 14.8. The normalized spacial score (nSPS) is 23.1. The number of rotatable bonds is 2. The van der Waals surface area contributed by atoms with Gasteiger partial charge in [0, 0.05) is 10.2 Å². The second-order valence-corrected chi connectivity index (χ2v) is 7.98. The van der Waals surface area contributed by atoms with Crippen LogP contribution in [-0.4, -0.2) is 28.6 Å². The lowest BCUT2D eigenvalue weighted by atomic mass is 10.2. The molecule has 2 heterocycles. The highest BCUT2D eigenvalue weighted by Gasteiger charge is 2.53. The molecule has 0 aliphatic carbocycles. The van der Waals surface area contributed by atoms with Gasteiger partial charge in [0.05, 0.1) is 5.69 Å². The molecular formula is C18H15BrN2O2S. The van der Waals surface area contributed by atoms with Gasteiger partial charge in [-0.25, -0.2) is 9.69 Å². The molecule has 0 radical (unpaired) electrons. The summed E-state index contributed by atoms with van der Waals surface area (Å²) in [5, 5.41) is -0.116. The lowest BCUT2D eigenvalue weighted by Crippen LogP contribution is -2.33. The molecule has 2 aromatic rings. The first kappa shape index (κ1) is 15.7. The average Bonchev–Trinajstić information content (AvgIpc) is 3.09. The van der Waals surface area contributed by atoms with Crippen molar-refractivity contribution in [1.29, 1.82) is 0 Å². The van der Waals surface area contributed by atoms with E-state index < -0.39 is 0 Å². The molecule has 2 aromatic carbocycles. The standard InChI is InChI=1S/C18H15BrN2O2S/c1-11-3-2-4-14(9-11)20-16(22)15-10-24-17(21(15)18(20)23)12-5-7-13(19)8-6-12/h2-9,15,17H,10H2,1H3/t15-,17+/m0/s1. The Morgan fingerprint density at radius 2 is 1.88 bits per heavy atom. The van der Waals surface area contributed by atoms with Crippen LogP contribution in [0.15, 0.2) is 53.0 Å². The number of nitrogens with zero attached hydrogens (tertiary/aromatic N) is 2. The van der Waals surface area contributed by atoms with E-state index in [0.29, 0.717) is 11.4 Å². The van der Waals surface area contributed by atoms with E-state index in [4.69, 9.17) is 0 Å². The zero-order chi connectivity index (χ0) is 16.8. The fourth-order valence-electron chi connectivity index (χ4n) is 3.18. The maximum absolute atomic E-state index is 13.0. The lowest BCUT2D eigenvalue weighted by molar-refractivity contribution is -0.119. The third kappa shape index (κ3) is 2.45. The topological polar surface area (TPSA) is 40.6 Å². The first-order valence-corrected chi connectivity index (χ1v) is 9.50. The molecule has 2 fully saturated rings. The molecule has 0 spiro atoms. The summed E-state index contributed by atoms with van der Waals surface area (Å²) < 4.78 is 0.996. The van der Waals surface area contributed by atoms with Crippen molar-refractivity contribution in [3.05, 3.63) is 64.1 Å². The van der Waals surface area contributed by atoms with Crippen molar-refractivity contribution in [2.75, 3.05) is 10.7 Å². The van der Waals surface area contributed by atoms with Gasteiger partial charge in [-0.2, -0.15) is 0 Å².